The van der Waals surface area contributed by atoms with Crippen molar-refractivity contribution in [3.63, 3.8) is 0 Å². The van der Waals surface area contributed by atoms with Gasteiger partial charge in [0.15, 0.2) is 0 Å². The van der Waals surface area contributed by atoms with Crippen LogP contribution in [0.1, 0.15) is 12.0 Å². The van der Waals surface area contributed by atoms with Gasteiger partial charge in [0.25, 0.3) is 0 Å². The van der Waals surface area contributed by atoms with Crippen LogP contribution >= 0.6 is 0 Å². The van der Waals surface area contributed by atoms with Crippen molar-refractivity contribution < 1.29 is 9.53 Å². The van der Waals surface area contributed by atoms with E-state index in [1.54, 1.807) is 6.07 Å². The van der Waals surface area contributed by atoms with E-state index in [0.717, 1.165) is 5.69 Å². The van der Waals surface area contributed by atoms with Gasteiger partial charge in [0, 0.05) is 13.6 Å². The van der Waals surface area contributed by atoms with Gasteiger partial charge in [-0.1, -0.05) is 12.1 Å². The van der Waals surface area contributed by atoms with E-state index in [4.69, 9.17) is 5.26 Å². The van der Waals surface area contributed by atoms with Gasteiger partial charge in [0.1, 0.15) is 6.07 Å². The van der Waals surface area contributed by atoms with E-state index in [-0.39, 0.29) is 5.97 Å². The Balaban J connectivity index is 2.70. The predicted octanol–water partition coefficient (Wildman–Crippen LogP) is 1.56. The summed E-state index contributed by atoms with van der Waals surface area (Å²) in [6.45, 7) is 0.533. The van der Waals surface area contributed by atoms with Crippen LogP contribution in [-0.4, -0.2) is 26.7 Å². The first kappa shape index (κ1) is 12.1. The highest BCUT2D eigenvalue weighted by molar-refractivity contribution is 5.70. The molecule has 0 atom stereocenters. The third-order valence-corrected chi connectivity index (χ3v) is 2.31. The van der Waals surface area contributed by atoms with Crippen LogP contribution in [0.25, 0.3) is 0 Å². The van der Waals surface area contributed by atoms with Crippen molar-refractivity contribution in [1.29, 1.82) is 5.26 Å². The summed E-state index contributed by atoms with van der Waals surface area (Å²) in [5.41, 5.74) is 1.43. The quantitative estimate of drug-likeness (QED) is 0.719. The number of carbonyl (C=O) groups excluding carboxylic acids is 1. The first-order valence-electron chi connectivity index (χ1n) is 4.96. The number of rotatable bonds is 4. The maximum Gasteiger partial charge on any atom is 0.307 e. The highest BCUT2D eigenvalue weighted by atomic mass is 16.5. The van der Waals surface area contributed by atoms with Crippen LogP contribution in [-0.2, 0) is 9.53 Å². The molecule has 0 fully saturated rings. The minimum atomic E-state index is -0.249. The fourth-order valence-electron chi connectivity index (χ4n) is 1.38. The van der Waals surface area contributed by atoms with E-state index in [9.17, 15) is 4.79 Å². The zero-order valence-corrected chi connectivity index (χ0v) is 9.43. The third-order valence-electron chi connectivity index (χ3n) is 2.31. The smallest absolute Gasteiger partial charge is 0.307 e. The minimum Gasteiger partial charge on any atom is -0.469 e. The van der Waals surface area contributed by atoms with Crippen LogP contribution in [0, 0.1) is 11.3 Å². The first-order valence-corrected chi connectivity index (χ1v) is 4.96. The molecule has 0 aromatic heterocycles. The molecule has 1 aromatic carbocycles. The maximum atomic E-state index is 11.0. The number of esters is 1. The largest absolute Gasteiger partial charge is 0.469 e. The Morgan fingerprint density at radius 2 is 2.19 bits per heavy atom. The highest BCUT2D eigenvalue weighted by Crippen LogP contribution is 2.17. The fraction of sp³-hybridized carbons (Fsp3) is 0.333. The van der Waals surface area contributed by atoms with E-state index in [0.29, 0.717) is 18.5 Å². The molecule has 84 valence electrons. The van der Waals surface area contributed by atoms with E-state index in [1.807, 2.05) is 30.1 Å². The second-order valence-electron chi connectivity index (χ2n) is 3.38. The van der Waals surface area contributed by atoms with Crippen LogP contribution in [0.2, 0.25) is 0 Å². The lowest BCUT2D eigenvalue weighted by Gasteiger charge is -2.19. The Morgan fingerprint density at radius 3 is 2.81 bits per heavy atom. The van der Waals surface area contributed by atoms with Gasteiger partial charge in [0.2, 0.25) is 0 Å². The van der Waals surface area contributed by atoms with Crippen molar-refractivity contribution in [2.75, 3.05) is 25.6 Å². The highest BCUT2D eigenvalue weighted by Gasteiger charge is 2.08. The molecule has 0 unspecified atom stereocenters. The molecule has 0 N–H and O–H groups in total. The summed E-state index contributed by atoms with van der Waals surface area (Å²) in [6.07, 6.45) is 0.312. The molecule has 0 aliphatic heterocycles. The molecule has 0 saturated carbocycles. The number of nitrogens with zero attached hydrogens (tertiary/aromatic N) is 2. The third kappa shape index (κ3) is 2.99. The van der Waals surface area contributed by atoms with E-state index >= 15 is 0 Å². The van der Waals surface area contributed by atoms with E-state index in [2.05, 4.69) is 10.8 Å². The van der Waals surface area contributed by atoms with Gasteiger partial charge in [0.05, 0.1) is 24.8 Å². The van der Waals surface area contributed by atoms with Gasteiger partial charge in [-0.15, -0.1) is 0 Å². The molecule has 16 heavy (non-hydrogen) atoms. The summed E-state index contributed by atoms with van der Waals surface area (Å²) >= 11 is 0. The Labute approximate surface area is 95.0 Å². The lowest BCUT2D eigenvalue weighted by Crippen LogP contribution is -2.22. The molecule has 4 heteroatoms. The second kappa shape index (κ2) is 5.76. The summed E-state index contributed by atoms with van der Waals surface area (Å²) in [5.74, 6) is -0.249. The van der Waals surface area contributed by atoms with Crippen LogP contribution in [0.4, 0.5) is 5.69 Å². The predicted molar refractivity (Wildman–Crippen MR) is 61.1 cm³/mol. The number of hydrogen-bond donors (Lipinski definition) is 0. The van der Waals surface area contributed by atoms with Crippen LogP contribution in [0.15, 0.2) is 24.3 Å². The molecule has 0 amide bonds. The number of hydrogen-bond acceptors (Lipinski definition) is 4. The topological polar surface area (TPSA) is 53.3 Å². The number of ether oxygens (including phenoxy) is 1. The normalized spacial score (nSPS) is 9.31. The van der Waals surface area contributed by atoms with Gasteiger partial charge in [-0.05, 0) is 12.1 Å². The molecular formula is C12H14N2O2. The number of benzene rings is 1. The van der Waals surface area contributed by atoms with Crippen molar-refractivity contribution in [3.8, 4) is 6.07 Å². The lowest BCUT2D eigenvalue weighted by molar-refractivity contribution is -0.140. The summed E-state index contributed by atoms with van der Waals surface area (Å²) in [4.78, 5) is 12.9. The lowest BCUT2D eigenvalue weighted by atomic mass is 10.2. The summed E-state index contributed by atoms with van der Waals surface area (Å²) in [7, 11) is 3.21. The zero-order valence-electron chi connectivity index (χ0n) is 9.43. The number of anilines is 1. The van der Waals surface area contributed by atoms with Crippen molar-refractivity contribution in [2.24, 2.45) is 0 Å². The monoisotopic (exact) mass is 218 g/mol. The van der Waals surface area contributed by atoms with Crippen LogP contribution in [0.5, 0.6) is 0 Å². The second-order valence-corrected chi connectivity index (χ2v) is 3.38. The first-order chi connectivity index (χ1) is 7.69. The number of carbonyl (C=O) groups is 1. The maximum absolute atomic E-state index is 11.0. The molecule has 0 heterocycles. The van der Waals surface area contributed by atoms with Gasteiger partial charge >= 0.3 is 5.97 Å². The summed E-state index contributed by atoms with van der Waals surface area (Å²) < 4.78 is 4.56. The Kier molecular flexibility index (Phi) is 4.34. The Hall–Kier alpha value is -2.02. The zero-order chi connectivity index (χ0) is 12.0. The van der Waals surface area contributed by atoms with E-state index < -0.39 is 0 Å². The Bertz CT molecular complexity index is 410. The van der Waals surface area contributed by atoms with Crippen molar-refractivity contribution in [3.05, 3.63) is 29.8 Å². The van der Waals surface area contributed by atoms with Crippen molar-refractivity contribution >= 4 is 11.7 Å². The Morgan fingerprint density at radius 1 is 1.50 bits per heavy atom. The molecule has 1 rings (SSSR count). The molecule has 0 radical (unpaired) electrons. The van der Waals surface area contributed by atoms with Gasteiger partial charge in [-0.3, -0.25) is 4.79 Å². The standard InChI is InChI=1S/C12H14N2O2/c1-14(8-7-12(15)16-2)11-6-4-3-5-10(11)9-13/h3-6H,7-8H2,1-2H3. The SMILES string of the molecule is COC(=O)CCN(C)c1ccccc1C#N. The molecule has 1 aromatic rings. The van der Waals surface area contributed by atoms with E-state index in [1.165, 1.54) is 7.11 Å². The molecule has 0 aliphatic carbocycles. The number of para-hydroxylation sites is 1. The minimum absolute atomic E-state index is 0.249. The number of methoxy groups -OCH3 is 1. The molecule has 0 bridgehead atoms. The molecular weight excluding hydrogens is 204 g/mol. The van der Waals surface area contributed by atoms with Gasteiger partial charge < -0.3 is 9.64 Å². The molecule has 4 nitrogen and oxygen atoms in total. The average Bonchev–Trinajstić information content (AvgIpc) is 2.35. The van der Waals surface area contributed by atoms with Gasteiger partial charge in [-0.2, -0.15) is 5.26 Å². The van der Waals surface area contributed by atoms with Gasteiger partial charge in [-0.25, -0.2) is 0 Å². The van der Waals surface area contributed by atoms with Crippen LogP contribution in [0.3, 0.4) is 0 Å². The summed E-state index contributed by atoms with van der Waals surface area (Å²) in [5, 5.41) is 8.92. The molecule has 0 spiro atoms. The average molecular weight is 218 g/mol. The molecule has 0 saturated heterocycles. The fourth-order valence-corrected chi connectivity index (χ4v) is 1.38. The van der Waals surface area contributed by atoms with Crippen LogP contribution < -0.4 is 4.90 Å². The number of nitriles is 1. The van der Waals surface area contributed by atoms with Crippen molar-refractivity contribution in [1.82, 2.24) is 0 Å². The molecule has 0 aliphatic rings. The summed E-state index contributed by atoms with van der Waals surface area (Å²) in [6, 6.07) is 9.41. The van der Waals surface area contributed by atoms with Crippen molar-refractivity contribution in [2.45, 2.75) is 6.42 Å².